The quantitative estimate of drug-likeness (QED) is 0.109. The van der Waals surface area contributed by atoms with Crippen molar-refractivity contribution in [2.75, 3.05) is 0 Å². The largest absolute Gasteiger partial charge is 0.481 e. The number of aliphatic carboxylic acids is 2. The zero-order valence-corrected chi connectivity index (χ0v) is 31.7. The number of alkyl halides is 1. The van der Waals surface area contributed by atoms with Gasteiger partial charge in [-0.25, -0.2) is 0 Å². The average molecular weight is 659 g/mol. The number of carbonyl (C=O) groups is 2. The van der Waals surface area contributed by atoms with Crippen LogP contribution in [0.2, 0.25) is 18.1 Å². The number of carboxylic acid groups (broad SMARTS) is 2. The van der Waals surface area contributed by atoms with Crippen molar-refractivity contribution in [3.05, 3.63) is 0 Å². The first-order chi connectivity index (χ1) is 20.0. The summed E-state index contributed by atoms with van der Waals surface area (Å²) in [6, 6.07) is 0. The highest BCUT2D eigenvalue weighted by Gasteiger charge is 2.67. The van der Waals surface area contributed by atoms with Crippen molar-refractivity contribution < 1.29 is 33.5 Å². The topological polar surface area (TPSA) is 102 Å². The van der Waals surface area contributed by atoms with Crippen molar-refractivity contribution in [3.8, 4) is 0 Å². The van der Waals surface area contributed by atoms with Gasteiger partial charge >= 0.3 is 19.1 Å². The van der Waals surface area contributed by atoms with Gasteiger partial charge in [-0.15, -0.1) is 11.6 Å². The monoisotopic (exact) mass is 658 g/mol. The highest BCUT2D eigenvalue weighted by Crippen LogP contribution is 2.64. The molecule has 0 aromatic carbocycles. The van der Waals surface area contributed by atoms with Gasteiger partial charge < -0.3 is 23.9 Å². The molecule has 1 aliphatic heterocycles. The molecule has 4 fully saturated rings. The number of hydrogen-bond donors (Lipinski definition) is 2. The molecule has 0 aromatic rings. The van der Waals surface area contributed by atoms with E-state index in [0.29, 0.717) is 36.5 Å². The predicted octanol–water partition coefficient (Wildman–Crippen LogP) is 9.21. The maximum atomic E-state index is 12.4. The molecule has 0 spiro atoms. The first-order valence-corrected chi connectivity index (χ1v) is 20.4. The van der Waals surface area contributed by atoms with Gasteiger partial charge in [-0.2, -0.15) is 0 Å². The summed E-state index contributed by atoms with van der Waals surface area (Å²) in [6.45, 7) is 26.0. The summed E-state index contributed by atoms with van der Waals surface area (Å²) >= 11 is 6.87. The molecule has 2 unspecified atom stereocenters. The van der Waals surface area contributed by atoms with Crippen LogP contribution in [0.3, 0.4) is 0 Å². The lowest BCUT2D eigenvalue weighted by atomic mass is 9.45. The van der Waals surface area contributed by atoms with Gasteiger partial charge in [0.1, 0.15) is 0 Å². The van der Waals surface area contributed by atoms with Gasteiger partial charge in [0.2, 0.25) is 0 Å². The minimum absolute atomic E-state index is 0.00687. The summed E-state index contributed by atoms with van der Waals surface area (Å²) in [5.74, 6) is -0.815. The summed E-state index contributed by atoms with van der Waals surface area (Å²) < 4.78 is 19.7. The molecule has 10 heteroatoms. The second kappa shape index (κ2) is 15.1. The van der Waals surface area contributed by atoms with Crippen molar-refractivity contribution in [1.82, 2.24) is 0 Å². The Labute approximate surface area is 275 Å². The third-order valence-electron chi connectivity index (χ3n) is 11.2. The van der Waals surface area contributed by atoms with E-state index in [4.69, 9.17) is 30.4 Å². The van der Waals surface area contributed by atoms with E-state index in [1.807, 2.05) is 20.8 Å². The van der Waals surface area contributed by atoms with Crippen LogP contribution in [0.4, 0.5) is 0 Å². The predicted molar refractivity (Wildman–Crippen MR) is 183 cm³/mol. The molecule has 3 aliphatic carbocycles. The van der Waals surface area contributed by atoms with Crippen molar-refractivity contribution >= 4 is 39.0 Å². The van der Waals surface area contributed by atoms with Gasteiger partial charge in [0.25, 0.3) is 0 Å². The van der Waals surface area contributed by atoms with E-state index in [1.165, 1.54) is 12.8 Å². The normalized spacial score (nSPS) is 28.2. The van der Waals surface area contributed by atoms with E-state index in [9.17, 15) is 14.7 Å². The number of carboxylic acids is 2. The molecule has 7 nitrogen and oxygen atoms in total. The molecule has 3 saturated carbocycles. The van der Waals surface area contributed by atoms with Crippen LogP contribution in [-0.2, 0) is 23.3 Å². The number of hydrogen-bond acceptors (Lipinski definition) is 5. The molecule has 7 atom stereocenters. The van der Waals surface area contributed by atoms with E-state index in [2.05, 4.69) is 61.6 Å². The van der Waals surface area contributed by atoms with Crippen LogP contribution in [0.1, 0.15) is 133 Å². The maximum Gasteiger partial charge on any atom is 0.476 e. The average Bonchev–Trinajstić information content (AvgIpc) is 3.22. The van der Waals surface area contributed by atoms with Gasteiger partial charge in [-0.3, -0.25) is 9.59 Å². The Morgan fingerprint density at radius 1 is 1.02 bits per heavy atom. The Morgan fingerprint density at radius 3 is 2.11 bits per heavy atom. The fourth-order valence-corrected chi connectivity index (χ4v) is 8.82. The zero-order valence-electron chi connectivity index (χ0n) is 29.9. The first kappa shape index (κ1) is 39.6. The van der Waals surface area contributed by atoms with E-state index in [1.54, 1.807) is 0 Å². The number of halogens is 1. The molecule has 256 valence electrons. The highest BCUT2D eigenvalue weighted by atomic mass is 35.5. The smallest absolute Gasteiger partial charge is 0.476 e. The van der Waals surface area contributed by atoms with E-state index in [0.717, 1.165) is 32.1 Å². The molecule has 0 amide bonds. The molecular weight excluding hydrogens is 595 g/mol. The van der Waals surface area contributed by atoms with E-state index < -0.39 is 38.7 Å². The SMILES string of the molecule is CC(C)(C)C(C(=O)O)C(CCC[C@@H](Cl)B1O[C@@H]2[C@@H]3C[C@H](C[C@]2(C)O1)C3(C)C)O[Si](C)(C)C(C)(C)C.CCCCCCC(=O)O. The Kier molecular flexibility index (Phi) is 13.6. The minimum atomic E-state index is -2.15. The lowest BCUT2D eigenvalue weighted by molar-refractivity contribution is -0.185. The summed E-state index contributed by atoms with van der Waals surface area (Å²) in [4.78, 5) is 22.3. The molecule has 44 heavy (non-hydrogen) atoms. The first-order valence-electron chi connectivity index (χ1n) is 17.1. The Balaban J connectivity index is 0.000000651. The standard InChI is InChI=1S/C27H50BClO5Si.C7H14O2/c1-24(2,3)21(23(30)31)19(33-35(10,11)25(4,5)6)13-12-14-20(29)28-32-22-18-15-17(26(18,7)8)16-27(22,9)34-28;1-2-3-4-5-6-7(8)9/h17-22H,12-16H2,1-11H3,(H,30,31);2-6H2,1H3,(H,8,9)/t17-,18+,19?,20-,21?,22-,27+;/m1./s1. The highest BCUT2D eigenvalue weighted by molar-refractivity contribution is 6.74. The fourth-order valence-electron chi connectivity index (χ4n) is 7.19. The lowest BCUT2D eigenvalue weighted by Gasteiger charge is -2.63. The van der Waals surface area contributed by atoms with E-state index in [-0.39, 0.29) is 28.1 Å². The third kappa shape index (κ3) is 9.71. The molecular formula is C34H64BClO7Si. The molecule has 1 saturated heterocycles. The Hall–Kier alpha value is -0.608. The molecule has 0 radical (unpaired) electrons. The lowest BCUT2D eigenvalue weighted by Crippen LogP contribution is -2.63. The van der Waals surface area contributed by atoms with Crippen LogP contribution in [-0.4, -0.2) is 60.7 Å². The number of unbranched alkanes of at least 4 members (excludes halogenated alkanes) is 3. The molecule has 2 N–H and O–H groups in total. The third-order valence-corrected chi connectivity index (χ3v) is 16.1. The van der Waals surface area contributed by atoms with Crippen LogP contribution in [0.5, 0.6) is 0 Å². The molecule has 2 bridgehead atoms. The van der Waals surface area contributed by atoms with Crippen molar-refractivity contribution in [1.29, 1.82) is 0 Å². The van der Waals surface area contributed by atoms with Crippen molar-refractivity contribution in [3.63, 3.8) is 0 Å². The summed E-state index contributed by atoms with van der Waals surface area (Å²) in [5.41, 5.74) is -0.332. The summed E-state index contributed by atoms with van der Waals surface area (Å²) in [5, 5.41) is 18.1. The van der Waals surface area contributed by atoms with Crippen LogP contribution in [0.15, 0.2) is 0 Å². The molecule has 4 rings (SSSR count). The van der Waals surface area contributed by atoms with Gasteiger partial charge in [0.15, 0.2) is 8.32 Å². The van der Waals surface area contributed by atoms with Crippen LogP contribution >= 0.6 is 11.6 Å². The molecule has 0 aromatic heterocycles. The van der Waals surface area contributed by atoms with Gasteiger partial charge in [0.05, 0.1) is 29.0 Å². The van der Waals surface area contributed by atoms with Crippen LogP contribution in [0, 0.1) is 28.6 Å². The Bertz CT molecular complexity index is 962. The minimum Gasteiger partial charge on any atom is -0.481 e. The Morgan fingerprint density at radius 2 is 1.64 bits per heavy atom. The zero-order chi connectivity index (χ0) is 33.9. The van der Waals surface area contributed by atoms with Gasteiger partial charge in [-0.1, -0.05) is 81.6 Å². The molecule has 1 heterocycles. The van der Waals surface area contributed by atoms with Crippen molar-refractivity contribution in [2.45, 2.75) is 175 Å². The fraction of sp³-hybridized carbons (Fsp3) is 0.941. The van der Waals surface area contributed by atoms with Crippen LogP contribution < -0.4 is 0 Å². The van der Waals surface area contributed by atoms with Gasteiger partial charge in [0, 0.05) is 6.42 Å². The van der Waals surface area contributed by atoms with Gasteiger partial charge in [-0.05, 0) is 86.2 Å². The summed E-state index contributed by atoms with van der Waals surface area (Å²) in [7, 11) is -2.56. The second-order valence-electron chi connectivity index (χ2n) is 17.2. The van der Waals surface area contributed by atoms with E-state index >= 15 is 0 Å². The number of rotatable bonds is 14. The van der Waals surface area contributed by atoms with Crippen molar-refractivity contribution in [2.24, 2.45) is 28.6 Å². The maximum absolute atomic E-state index is 12.4. The molecule has 4 aliphatic rings. The second-order valence-corrected chi connectivity index (χ2v) is 22.5. The van der Waals surface area contributed by atoms with Crippen LogP contribution in [0.25, 0.3) is 0 Å². The summed E-state index contributed by atoms with van der Waals surface area (Å²) in [6.07, 6.45) is 8.72.